The molecule has 2 nitrogen and oxygen atoms in total. The smallest absolute Gasteiger partial charge is 0.0682 e. The zero-order chi connectivity index (χ0) is 13.3. The lowest BCUT2D eigenvalue weighted by molar-refractivity contribution is 0.0376. The van der Waals surface area contributed by atoms with Crippen molar-refractivity contribution in [3.63, 3.8) is 0 Å². The minimum Gasteiger partial charge on any atom is -0.302 e. The minimum absolute atomic E-state index is 0.877. The summed E-state index contributed by atoms with van der Waals surface area (Å²) in [5.41, 5.74) is 3.08. The molecule has 0 spiro atoms. The maximum atomic E-state index is 5.42. The first kappa shape index (κ1) is 17.9. The van der Waals surface area contributed by atoms with Crippen LogP contribution in [0, 0.1) is 0 Å². The van der Waals surface area contributed by atoms with Crippen LogP contribution in [-0.4, -0.2) is 13.2 Å². The fourth-order valence-electron chi connectivity index (χ4n) is 2.08. The molecule has 0 radical (unpaired) electrons. The van der Waals surface area contributed by atoms with Crippen LogP contribution >= 0.6 is 0 Å². The lowest BCUT2D eigenvalue weighted by Gasteiger charge is -2.05. The topological polar surface area (TPSA) is 21.3 Å². The van der Waals surface area contributed by atoms with E-state index in [9.17, 15) is 0 Å². The molecule has 0 saturated heterocycles. The van der Waals surface area contributed by atoms with Gasteiger partial charge in [-0.05, 0) is 12.8 Å². The van der Waals surface area contributed by atoms with Gasteiger partial charge in [0.15, 0.2) is 0 Å². The Morgan fingerprint density at radius 2 is 1.11 bits per heavy atom. The molecule has 0 heterocycles. The average Bonchev–Trinajstić information content (AvgIpc) is 2.39. The molecule has 0 fully saturated rings. The molecule has 0 aromatic rings. The van der Waals surface area contributed by atoms with Gasteiger partial charge in [-0.2, -0.15) is 0 Å². The molecule has 0 unspecified atom stereocenters. The first-order chi connectivity index (χ1) is 8.91. The Bertz CT molecular complexity index is 123. The Hall–Kier alpha value is -0.0800. The van der Waals surface area contributed by atoms with Crippen molar-refractivity contribution in [2.75, 3.05) is 13.2 Å². The van der Waals surface area contributed by atoms with Gasteiger partial charge >= 0.3 is 0 Å². The molecule has 0 atom stereocenters. The van der Waals surface area contributed by atoms with E-state index in [2.05, 4.69) is 19.3 Å². The number of hydrogen-bond donors (Lipinski definition) is 1. The Morgan fingerprint density at radius 3 is 1.72 bits per heavy atom. The lowest BCUT2D eigenvalue weighted by atomic mass is 10.1. The van der Waals surface area contributed by atoms with Crippen LogP contribution in [0.5, 0.6) is 0 Å². The van der Waals surface area contributed by atoms with Gasteiger partial charge in [0.25, 0.3) is 0 Å². The van der Waals surface area contributed by atoms with Crippen molar-refractivity contribution in [3.05, 3.63) is 0 Å². The van der Waals surface area contributed by atoms with Crippen LogP contribution in [0.15, 0.2) is 0 Å². The van der Waals surface area contributed by atoms with E-state index >= 15 is 0 Å². The zero-order valence-corrected chi connectivity index (χ0v) is 12.8. The van der Waals surface area contributed by atoms with Gasteiger partial charge in [-0.25, -0.2) is 5.48 Å². The van der Waals surface area contributed by atoms with Gasteiger partial charge in [-0.3, -0.25) is 0 Å². The van der Waals surface area contributed by atoms with Gasteiger partial charge in [0.1, 0.15) is 0 Å². The molecule has 110 valence electrons. The van der Waals surface area contributed by atoms with Crippen LogP contribution < -0.4 is 5.48 Å². The number of hydrogen-bond acceptors (Lipinski definition) is 2. The summed E-state index contributed by atoms with van der Waals surface area (Å²) in [6.45, 7) is 6.41. The number of rotatable bonds is 15. The molecule has 0 bridgehead atoms. The van der Waals surface area contributed by atoms with E-state index in [1.807, 2.05) is 0 Å². The third-order valence-corrected chi connectivity index (χ3v) is 3.33. The van der Waals surface area contributed by atoms with Crippen molar-refractivity contribution in [1.29, 1.82) is 0 Å². The van der Waals surface area contributed by atoms with Crippen LogP contribution in [0.1, 0.15) is 90.9 Å². The molecule has 1 N–H and O–H groups in total. The molecule has 18 heavy (non-hydrogen) atoms. The van der Waals surface area contributed by atoms with Gasteiger partial charge in [0.2, 0.25) is 0 Å². The standard InChI is InChI=1S/C16H35NO/c1-3-5-7-9-11-13-15-17-18-16-14-12-10-8-6-4-2/h17H,3-16H2,1-2H3. The third kappa shape index (κ3) is 15.9. The van der Waals surface area contributed by atoms with Crippen molar-refractivity contribution in [1.82, 2.24) is 5.48 Å². The van der Waals surface area contributed by atoms with Gasteiger partial charge in [0, 0.05) is 6.54 Å². The summed E-state index contributed by atoms with van der Waals surface area (Å²) in [5.74, 6) is 0. The Labute approximate surface area is 115 Å². The van der Waals surface area contributed by atoms with E-state index in [4.69, 9.17) is 4.84 Å². The highest BCUT2D eigenvalue weighted by Gasteiger charge is 1.92. The highest BCUT2D eigenvalue weighted by atomic mass is 16.6. The fraction of sp³-hybridized carbons (Fsp3) is 1.00. The molecule has 2 heteroatoms. The third-order valence-electron chi connectivity index (χ3n) is 3.33. The summed E-state index contributed by atoms with van der Waals surface area (Å²) in [4.78, 5) is 5.42. The van der Waals surface area contributed by atoms with Gasteiger partial charge in [-0.15, -0.1) is 0 Å². The van der Waals surface area contributed by atoms with E-state index < -0.39 is 0 Å². The van der Waals surface area contributed by atoms with Gasteiger partial charge in [0.05, 0.1) is 6.61 Å². The summed E-state index contributed by atoms with van der Waals surface area (Å²) < 4.78 is 0. The van der Waals surface area contributed by atoms with Crippen molar-refractivity contribution >= 4 is 0 Å². The summed E-state index contributed by atoms with van der Waals surface area (Å²) in [6, 6.07) is 0. The normalized spacial score (nSPS) is 11.0. The molecule has 0 saturated carbocycles. The monoisotopic (exact) mass is 257 g/mol. The van der Waals surface area contributed by atoms with Crippen LogP contribution in [0.4, 0.5) is 0 Å². The zero-order valence-electron chi connectivity index (χ0n) is 12.8. The summed E-state index contributed by atoms with van der Waals surface area (Å²) >= 11 is 0. The summed E-state index contributed by atoms with van der Waals surface area (Å²) in [5, 5.41) is 0. The predicted octanol–water partition coefficient (Wildman–Crippen LogP) is 5.23. The van der Waals surface area contributed by atoms with Crippen molar-refractivity contribution in [2.24, 2.45) is 0 Å². The molecular formula is C16H35NO. The second kappa shape index (κ2) is 16.9. The highest BCUT2D eigenvalue weighted by molar-refractivity contribution is 4.45. The molecule has 0 aliphatic carbocycles. The maximum absolute atomic E-state index is 5.42. The molecule has 0 amide bonds. The van der Waals surface area contributed by atoms with Crippen molar-refractivity contribution in [2.45, 2.75) is 90.9 Å². The lowest BCUT2D eigenvalue weighted by Crippen LogP contribution is -2.16. The fourth-order valence-corrected chi connectivity index (χ4v) is 2.08. The van der Waals surface area contributed by atoms with Gasteiger partial charge in [-0.1, -0.05) is 78.1 Å². The van der Waals surface area contributed by atoms with E-state index in [1.165, 1.54) is 77.0 Å². The minimum atomic E-state index is 0.877. The quantitative estimate of drug-likeness (QED) is 0.320. The number of hydroxylamine groups is 1. The Kier molecular flexibility index (Phi) is 16.8. The summed E-state index contributed by atoms with van der Waals surface area (Å²) in [7, 11) is 0. The van der Waals surface area contributed by atoms with Crippen molar-refractivity contribution in [3.8, 4) is 0 Å². The number of nitrogens with one attached hydrogen (secondary N) is 1. The molecule has 0 aliphatic heterocycles. The molecule has 0 rings (SSSR count). The first-order valence-electron chi connectivity index (χ1n) is 8.26. The van der Waals surface area contributed by atoms with Crippen LogP contribution in [0.2, 0.25) is 0 Å². The van der Waals surface area contributed by atoms with Crippen LogP contribution in [-0.2, 0) is 4.84 Å². The number of unbranched alkanes of at least 4 members (excludes halogenated alkanes) is 10. The molecule has 0 aromatic carbocycles. The molecule has 0 aromatic heterocycles. The average molecular weight is 257 g/mol. The highest BCUT2D eigenvalue weighted by Crippen LogP contribution is 2.05. The van der Waals surface area contributed by atoms with E-state index in [-0.39, 0.29) is 0 Å². The Morgan fingerprint density at radius 1 is 0.611 bits per heavy atom. The van der Waals surface area contributed by atoms with E-state index in [0.29, 0.717) is 0 Å². The van der Waals surface area contributed by atoms with Crippen LogP contribution in [0.3, 0.4) is 0 Å². The predicted molar refractivity (Wildman–Crippen MR) is 80.7 cm³/mol. The summed E-state index contributed by atoms with van der Waals surface area (Å²) in [6.07, 6.45) is 16.1. The van der Waals surface area contributed by atoms with E-state index in [0.717, 1.165) is 13.2 Å². The Balaban J connectivity index is 2.86. The van der Waals surface area contributed by atoms with Crippen LogP contribution in [0.25, 0.3) is 0 Å². The SMILES string of the molecule is CCCCCCCCNOCCCCCCCC. The van der Waals surface area contributed by atoms with Crippen molar-refractivity contribution < 1.29 is 4.84 Å². The van der Waals surface area contributed by atoms with E-state index in [1.54, 1.807) is 0 Å². The molecule has 0 aliphatic rings. The largest absolute Gasteiger partial charge is 0.302 e. The second-order valence-electron chi connectivity index (χ2n) is 5.28. The van der Waals surface area contributed by atoms with Gasteiger partial charge < -0.3 is 4.84 Å². The second-order valence-corrected chi connectivity index (χ2v) is 5.28. The molecular weight excluding hydrogens is 222 g/mol. The maximum Gasteiger partial charge on any atom is 0.0682 e. The first-order valence-corrected chi connectivity index (χ1v) is 8.26.